The van der Waals surface area contributed by atoms with E-state index in [9.17, 15) is 0 Å². The van der Waals surface area contributed by atoms with Gasteiger partial charge in [0.1, 0.15) is 0 Å². The van der Waals surface area contributed by atoms with Gasteiger partial charge < -0.3 is 10.1 Å². The Balaban J connectivity index is 1.62. The second-order valence-corrected chi connectivity index (χ2v) is 4.74. The molecule has 2 heteroatoms. The Morgan fingerprint density at radius 1 is 0.929 bits per heavy atom. The normalized spacial score (nSPS) is 30.4. The summed E-state index contributed by atoms with van der Waals surface area (Å²) < 4.78 is 5.98. The van der Waals surface area contributed by atoms with Crippen LogP contribution in [0.3, 0.4) is 0 Å². The fourth-order valence-corrected chi connectivity index (χ4v) is 2.56. The lowest BCUT2D eigenvalue weighted by Crippen LogP contribution is -2.29. The lowest BCUT2D eigenvalue weighted by atomic mass is 10.1. The van der Waals surface area contributed by atoms with Crippen molar-refractivity contribution < 1.29 is 4.74 Å². The van der Waals surface area contributed by atoms with Gasteiger partial charge in [0.15, 0.2) is 0 Å². The molecule has 2 nitrogen and oxygen atoms in total. The van der Waals surface area contributed by atoms with Gasteiger partial charge in [0.25, 0.3) is 0 Å². The molecule has 1 N–H and O–H groups in total. The van der Waals surface area contributed by atoms with Gasteiger partial charge >= 0.3 is 0 Å². The summed E-state index contributed by atoms with van der Waals surface area (Å²) >= 11 is 0. The summed E-state index contributed by atoms with van der Waals surface area (Å²) in [6, 6.07) is 0.651. The second-order valence-electron chi connectivity index (χ2n) is 4.74. The van der Waals surface area contributed by atoms with Crippen LogP contribution >= 0.6 is 0 Å². The van der Waals surface area contributed by atoms with Crippen molar-refractivity contribution in [1.29, 1.82) is 0 Å². The molecule has 0 aromatic carbocycles. The number of hydrogen-bond acceptors (Lipinski definition) is 2. The third-order valence-electron chi connectivity index (χ3n) is 3.50. The molecule has 2 rings (SSSR count). The van der Waals surface area contributed by atoms with Gasteiger partial charge in [0.05, 0.1) is 12.7 Å². The van der Waals surface area contributed by atoms with Gasteiger partial charge in [-0.1, -0.05) is 25.7 Å². The minimum absolute atomic E-state index is 0.569. The van der Waals surface area contributed by atoms with E-state index >= 15 is 0 Å². The molecule has 0 unspecified atom stereocenters. The summed E-state index contributed by atoms with van der Waals surface area (Å²) in [4.78, 5) is 0. The van der Waals surface area contributed by atoms with Crippen LogP contribution < -0.4 is 5.32 Å². The molecule has 0 spiro atoms. The van der Waals surface area contributed by atoms with E-state index in [1.54, 1.807) is 0 Å². The number of ether oxygens (including phenoxy) is 1. The summed E-state index contributed by atoms with van der Waals surface area (Å²) in [5.41, 5.74) is 0. The van der Waals surface area contributed by atoms with E-state index < -0.39 is 0 Å². The quantitative estimate of drug-likeness (QED) is 0.702. The fraction of sp³-hybridized carbons (Fsp3) is 1.00. The minimum atomic E-state index is 0.569. The predicted octanol–water partition coefficient (Wildman–Crippen LogP) is 2.48. The Morgan fingerprint density at radius 2 is 1.71 bits per heavy atom. The summed E-state index contributed by atoms with van der Waals surface area (Å²) in [5, 5.41) is 3.49. The van der Waals surface area contributed by atoms with E-state index in [1.165, 1.54) is 57.9 Å². The first-order valence-corrected chi connectivity index (χ1v) is 6.30. The first-order valence-electron chi connectivity index (χ1n) is 6.30. The molecule has 0 bridgehead atoms. The van der Waals surface area contributed by atoms with Gasteiger partial charge in [-0.05, 0) is 32.2 Å². The molecular formula is C12H23NO. The molecule has 0 amide bonds. The van der Waals surface area contributed by atoms with Crippen LogP contribution in [0.4, 0.5) is 0 Å². The molecule has 1 aliphatic heterocycles. The summed E-state index contributed by atoms with van der Waals surface area (Å²) in [7, 11) is 0. The number of rotatable bonds is 3. The van der Waals surface area contributed by atoms with Gasteiger partial charge in [0.2, 0.25) is 0 Å². The van der Waals surface area contributed by atoms with E-state index in [-0.39, 0.29) is 0 Å². The van der Waals surface area contributed by atoms with Crippen molar-refractivity contribution in [3.8, 4) is 0 Å². The third-order valence-corrected chi connectivity index (χ3v) is 3.50. The van der Waals surface area contributed by atoms with Gasteiger partial charge in [-0.25, -0.2) is 0 Å². The van der Waals surface area contributed by atoms with Crippen molar-refractivity contribution in [2.75, 3.05) is 13.2 Å². The zero-order valence-corrected chi connectivity index (χ0v) is 9.13. The molecule has 0 radical (unpaired) electrons. The van der Waals surface area contributed by atoms with Crippen molar-refractivity contribution >= 4 is 0 Å². The molecule has 1 atom stereocenters. The van der Waals surface area contributed by atoms with Crippen molar-refractivity contribution in [3.05, 3.63) is 0 Å². The molecular weight excluding hydrogens is 174 g/mol. The molecule has 2 aliphatic rings. The highest BCUT2D eigenvalue weighted by Crippen LogP contribution is 2.20. The molecule has 14 heavy (non-hydrogen) atoms. The maximum Gasteiger partial charge on any atom is 0.0623 e. The van der Waals surface area contributed by atoms with Gasteiger partial charge in [-0.3, -0.25) is 0 Å². The van der Waals surface area contributed by atoms with E-state index in [4.69, 9.17) is 4.74 Å². The molecule has 0 aromatic rings. The third kappa shape index (κ3) is 3.25. The second kappa shape index (κ2) is 5.72. The summed E-state index contributed by atoms with van der Waals surface area (Å²) in [6.45, 7) is 2.14. The van der Waals surface area contributed by atoms with Gasteiger partial charge in [0, 0.05) is 6.04 Å². The van der Waals surface area contributed by atoms with Crippen molar-refractivity contribution in [2.24, 2.45) is 0 Å². The van der Waals surface area contributed by atoms with Crippen LogP contribution in [-0.4, -0.2) is 25.3 Å². The van der Waals surface area contributed by atoms with Crippen LogP contribution in [0.5, 0.6) is 0 Å². The molecule has 1 heterocycles. The minimum Gasteiger partial charge on any atom is -0.377 e. The Kier molecular flexibility index (Phi) is 4.26. The van der Waals surface area contributed by atoms with Crippen molar-refractivity contribution in [1.82, 2.24) is 5.32 Å². The average molecular weight is 197 g/mol. The smallest absolute Gasteiger partial charge is 0.0623 e. The van der Waals surface area contributed by atoms with Crippen LogP contribution in [0.15, 0.2) is 0 Å². The molecule has 1 aliphatic carbocycles. The highest BCUT2D eigenvalue weighted by Gasteiger charge is 2.17. The molecule has 2 fully saturated rings. The zero-order valence-electron chi connectivity index (χ0n) is 9.13. The van der Waals surface area contributed by atoms with E-state index in [1.807, 2.05) is 0 Å². The molecule has 0 aromatic heterocycles. The monoisotopic (exact) mass is 197 g/mol. The Hall–Kier alpha value is -0.0800. The van der Waals surface area contributed by atoms with E-state index in [2.05, 4.69) is 5.32 Å². The Morgan fingerprint density at radius 3 is 2.36 bits per heavy atom. The Labute approximate surface area is 87.4 Å². The fourth-order valence-electron chi connectivity index (χ4n) is 2.56. The number of hydrogen-bond donors (Lipinski definition) is 1. The van der Waals surface area contributed by atoms with E-state index in [0.29, 0.717) is 12.1 Å². The van der Waals surface area contributed by atoms with Crippen LogP contribution in [0.1, 0.15) is 51.4 Å². The molecule has 1 saturated carbocycles. The first-order chi connectivity index (χ1) is 6.95. The maximum atomic E-state index is 5.98. The van der Waals surface area contributed by atoms with Crippen LogP contribution in [-0.2, 0) is 4.74 Å². The highest BCUT2D eigenvalue weighted by atomic mass is 16.5. The molecule has 1 saturated heterocycles. The highest BCUT2D eigenvalue weighted by molar-refractivity contribution is 4.74. The maximum absolute atomic E-state index is 5.98. The van der Waals surface area contributed by atoms with Gasteiger partial charge in [-0.15, -0.1) is 0 Å². The lowest BCUT2D eigenvalue weighted by molar-refractivity contribution is 0.0320. The standard InChI is InChI=1S/C12H23NO/c1-2-4-8-12(7-3-1)14-10-11-6-5-9-13-11/h11-13H,1-10H2/t11-/m1/s1. The average Bonchev–Trinajstić information content (AvgIpc) is 2.58. The largest absolute Gasteiger partial charge is 0.377 e. The number of nitrogens with one attached hydrogen (secondary N) is 1. The van der Waals surface area contributed by atoms with Gasteiger partial charge in [-0.2, -0.15) is 0 Å². The summed E-state index contributed by atoms with van der Waals surface area (Å²) in [5.74, 6) is 0. The van der Waals surface area contributed by atoms with Crippen LogP contribution in [0, 0.1) is 0 Å². The van der Waals surface area contributed by atoms with E-state index in [0.717, 1.165) is 6.61 Å². The van der Waals surface area contributed by atoms with Crippen molar-refractivity contribution in [3.63, 3.8) is 0 Å². The van der Waals surface area contributed by atoms with Crippen LogP contribution in [0.2, 0.25) is 0 Å². The topological polar surface area (TPSA) is 21.3 Å². The Bertz CT molecular complexity index is 146. The zero-order chi connectivity index (χ0) is 9.64. The summed E-state index contributed by atoms with van der Waals surface area (Å²) in [6.07, 6.45) is 11.4. The van der Waals surface area contributed by atoms with Crippen LogP contribution in [0.25, 0.3) is 0 Å². The molecule has 82 valence electrons. The SMILES string of the molecule is C1CCCC(OC[C@H]2CCCN2)CC1. The first kappa shape index (κ1) is 10.4. The predicted molar refractivity (Wildman–Crippen MR) is 58.5 cm³/mol. The van der Waals surface area contributed by atoms with Crippen molar-refractivity contribution in [2.45, 2.75) is 63.5 Å². The lowest BCUT2D eigenvalue weighted by Gasteiger charge is -2.18.